The zero-order chi connectivity index (χ0) is 14.3. The summed E-state index contributed by atoms with van der Waals surface area (Å²) in [6.45, 7) is 3.87. The molecular formula is C16H13IN2O. The van der Waals surface area contributed by atoms with Gasteiger partial charge in [0.1, 0.15) is 5.82 Å². The lowest BCUT2D eigenvalue weighted by Gasteiger charge is -2.13. The molecule has 0 bridgehead atoms. The largest absolute Gasteiger partial charge is 0.268 e. The molecule has 0 amide bonds. The summed E-state index contributed by atoms with van der Waals surface area (Å²) in [6, 6.07) is 13.6. The summed E-state index contributed by atoms with van der Waals surface area (Å²) in [5.74, 6) is 0.706. The van der Waals surface area contributed by atoms with E-state index in [0.717, 1.165) is 20.3 Å². The first-order chi connectivity index (χ1) is 9.58. The first-order valence-corrected chi connectivity index (χ1v) is 7.41. The van der Waals surface area contributed by atoms with Crippen molar-refractivity contribution in [2.45, 2.75) is 13.8 Å². The average molecular weight is 376 g/mol. The first-order valence-electron chi connectivity index (χ1n) is 6.33. The minimum Gasteiger partial charge on any atom is -0.268 e. The Morgan fingerprint density at radius 3 is 2.60 bits per heavy atom. The molecule has 100 valence electrons. The Labute approximate surface area is 130 Å². The molecule has 0 aliphatic rings. The number of benzene rings is 2. The average Bonchev–Trinajstić information content (AvgIpc) is 2.42. The quantitative estimate of drug-likeness (QED) is 0.609. The molecule has 3 aromatic rings. The van der Waals surface area contributed by atoms with Crippen LogP contribution in [-0.2, 0) is 0 Å². The molecule has 0 unspecified atom stereocenters. The highest BCUT2D eigenvalue weighted by Gasteiger charge is 2.11. The third-order valence-corrected chi connectivity index (χ3v) is 4.03. The smallest absolute Gasteiger partial charge is 0.266 e. The molecule has 0 spiro atoms. The van der Waals surface area contributed by atoms with Crippen molar-refractivity contribution in [3.63, 3.8) is 0 Å². The minimum absolute atomic E-state index is 0.0136. The van der Waals surface area contributed by atoms with Gasteiger partial charge in [0.25, 0.3) is 5.56 Å². The van der Waals surface area contributed by atoms with Gasteiger partial charge in [-0.25, -0.2) is 4.98 Å². The van der Waals surface area contributed by atoms with E-state index in [2.05, 4.69) is 27.6 Å². The summed E-state index contributed by atoms with van der Waals surface area (Å²) in [5, 5.41) is 0.658. The molecule has 0 aliphatic carbocycles. The van der Waals surface area contributed by atoms with E-state index in [9.17, 15) is 4.79 Å². The van der Waals surface area contributed by atoms with Crippen molar-refractivity contribution in [2.24, 2.45) is 0 Å². The lowest BCUT2D eigenvalue weighted by molar-refractivity contribution is 0.887. The molecule has 0 atom stereocenters. The van der Waals surface area contributed by atoms with Crippen molar-refractivity contribution in [2.75, 3.05) is 0 Å². The predicted octanol–water partition coefficient (Wildman–Crippen LogP) is 3.61. The van der Waals surface area contributed by atoms with Crippen molar-refractivity contribution in [1.29, 1.82) is 0 Å². The highest BCUT2D eigenvalue weighted by Crippen LogP contribution is 2.17. The van der Waals surface area contributed by atoms with E-state index in [4.69, 9.17) is 0 Å². The summed E-state index contributed by atoms with van der Waals surface area (Å²) >= 11 is 2.21. The van der Waals surface area contributed by atoms with E-state index in [1.807, 2.05) is 56.3 Å². The monoisotopic (exact) mass is 376 g/mol. The number of hydrogen-bond acceptors (Lipinski definition) is 2. The SMILES string of the molecule is Cc1ccccc1-n1c(C)nc2ccc(I)cc2c1=O. The number of nitrogens with zero attached hydrogens (tertiary/aromatic N) is 2. The third kappa shape index (κ3) is 2.14. The molecule has 0 fully saturated rings. The van der Waals surface area contributed by atoms with Gasteiger partial charge >= 0.3 is 0 Å². The molecule has 3 rings (SSSR count). The van der Waals surface area contributed by atoms with E-state index < -0.39 is 0 Å². The summed E-state index contributed by atoms with van der Waals surface area (Å²) < 4.78 is 2.72. The van der Waals surface area contributed by atoms with Crippen LogP contribution in [0.2, 0.25) is 0 Å². The van der Waals surface area contributed by atoms with Crippen LogP contribution < -0.4 is 5.56 Å². The Balaban J connectivity index is 2.43. The van der Waals surface area contributed by atoms with Crippen molar-refractivity contribution in [3.05, 3.63) is 67.8 Å². The highest BCUT2D eigenvalue weighted by molar-refractivity contribution is 14.1. The van der Waals surface area contributed by atoms with Crippen molar-refractivity contribution >= 4 is 33.5 Å². The molecular weight excluding hydrogens is 363 g/mol. The molecule has 0 radical (unpaired) electrons. The summed E-state index contributed by atoms with van der Waals surface area (Å²) in [7, 11) is 0. The third-order valence-electron chi connectivity index (χ3n) is 3.35. The molecule has 1 aromatic heterocycles. The number of aromatic nitrogens is 2. The second-order valence-corrected chi connectivity index (χ2v) is 5.99. The van der Waals surface area contributed by atoms with Gasteiger partial charge in [0.15, 0.2) is 0 Å². The van der Waals surface area contributed by atoms with Gasteiger partial charge in [-0.2, -0.15) is 0 Å². The Hall–Kier alpha value is -1.69. The fourth-order valence-corrected chi connectivity index (χ4v) is 2.86. The Morgan fingerprint density at radius 1 is 1.10 bits per heavy atom. The zero-order valence-electron chi connectivity index (χ0n) is 11.2. The number of halogens is 1. The van der Waals surface area contributed by atoms with Crippen LogP contribution in [0.4, 0.5) is 0 Å². The maximum absolute atomic E-state index is 12.8. The van der Waals surface area contributed by atoms with Crippen LogP contribution in [0.15, 0.2) is 47.3 Å². The predicted molar refractivity (Wildman–Crippen MR) is 89.5 cm³/mol. The van der Waals surface area contributed by atoms with Crippen molar-refractivity contribution in [3.8, 4) is 5.69 Å². The Kier molecular flexibility index (Phi) is 3.33. The highest BCUT2D eigenvalue weighted by atomic mass is 127. The molecule has 3 nitrogen and oxygen atoms in total. The van der Waals surface area contributed by atoms with E-state index in [1.54, 1.807) is 4.57 Å². The number of hydrogen-bond donors (Lipinski definition) is 0. The molecule has 0 N–H and O–H groups in total. The van der Waals surface area contributed by atoms with Gasteiger partial charge in [-0.3, -0.25) is 9.36 Å². The van der Waals surface area contributed by atoms with E-state index in [0.29, 0.717) is 11.2 Å². The number of aryl methyl sites for hydroxylation is 2. The number of fused-ring (bicyclic) bond motifs is 1. The fraction of sp³-hybridized carbons (Fsp3) is 0.125. The van der Waals surface area contributed by atoms with Gasteiger partial charge in [0, 0.05) is 3.57 Å². The lowest BCUT2D eigenvalue weighted by Crippen LogP contribution is -2.23. The van der Waals surface area contributed by atoms with Gasteiger partial charge < -0.3 is 0 Å². The Morgan fingerprint density at radius 2 is 1.85 bits per heavy atom. The summed E-state index contributed by atoms with van der Waals surface area (Å²) in [6.07, 6.45) is 0. The number of rotatable bonds is 1. The Bertz CT molecular complexity index is 868. The maximum Gasteiger partial charge on any atom is 0.266 e. The van der Waals surface area contributed by atoms with Gasteiger partial charge in [0.2, 0.25) is 0 Å². The van der Waals surface area contributed by atoms with Gasteiger partial charge in [-0.05, 0) is 66.3 Å². The van der Waals surface area contributed by atoms with Crippen LogP contribution in [0, 0.1) is 17.4 Å². The van der Waals surface area contributed by atoms with E-state index >= 15 is 0 Å². The van der Waals surface area contributed by atoms with E-state index in [1.165, 1.54) is 0 Å². The number of para-hydroxylation sites is 1. The van der Waals surface area contributed by atoms with Crippen LogP contribution in [0.1, 0.15) is 11.4 Å². The second-order valence-electron chi connectivity index (χ2n) is 4.75. The van der Waals surface area contributed by atoms with Crippen LogP contribution in [0.25, 0.3) is 16.6 Å². The molecule has 2 aromatic carbocycles. The minimum atomic E-state index is -0.0136. The van der Waals surface area contributed by atoms with Crippen molar-refractivity contribution in [1.82, 2.24) is 9.55 Å². The van der Waals surface area contributed by atoms with E-state index in [-0.39, 0.29) is 5.56 Å². The maximum atomic E-state index is 12.8. The first kappa shape index (κ1) is 13.3. The van der Waals surface area contributed by atoms with Gasteiger partial charge in [-0.1, -0.05) is 18.2 Å². The lowest BCUT2D eigenvalue weighted by atomic mass is 10.2. The summed E-state index contributed by atoms with van der Waals surface area (Å²) in [5.41, 5.74) is 2.69. The van der Waals surface area contributed by atoms with Gasteiger partial charge in [-0.15, -0.1) is 0 Å². The molecule has 0 saturated carbocycles. The van der Waals surface area contributed by atoms with Crippen LogP contribution in [0.5, 0.6) is 0 Å². The molecule has 4 heteroatoms. The summed E-state index contributed by atoms with van der Waals surface area (Å²) in [4.78, 5) is 17.3. The standard InChI is InChI=1S/C16H13IN2O/c1-10-5-3-4-6-15(10)19-11(2)18-14-8-7-12(17)9-13(14)16(19)20/h3-9H,1-2H3. The van der Waals surface area contributed by atoms with Crippen molar-refractivity contribution < 1.29 is 0 Å². The van der Waals surface area contributed by atoms with Crippen LogP contribution in [-0.4, -0.2) is 9.55 Å². The normalized spacial score (nSPS) is 10.9. The molecule has 20 heavy (non-hydrogen) atoms. The topological polar surface area (TPSA) is 34.9 Å². The zero-order valence-corrected chi connectivity index (χ0v) is 13.4. The molecule has 0 aliphatic heterocycles. The second kappa shape index (κ2) is 5.01. The van der Waals surface area contributed by atoms with Crippen LogP contribution in [0.3, 0.4) is 0 Å². The van der Waals surface area contributed by atoms with Crippen LogP contribution >= 0.6 is 22.6 Å². The molecule has 1 heterocycles. The fourth-order valence-electron chi connectivity index (χ4n) is 2.37. The van der Waals surface area contributed by atoms with Gasteiger partial charge in [0.05, 0.1) is 16.6 Å². The molecule has 0 saturated heterocycles.